The second-order valence-corrected chi connectivity index (χ2v) is 6.38. The highest BCUT2D eigenvalue weighted by atomic mass is 32.2. The molecule has 1 aromatic carbocycles. The molecule has 0 saturated carbocycles. The summed E-state index contributed by atoms with van der Waals surface area (Å²) in [6, 6.07) is 9.18. The number of anilines is 1. The van der Waals surface area contributed by atoms with Gasteiger partial charge >= 0.3 is 0 Å². The first-order chi connectivity index (χ1) is 9.69. The summed E-state index contributed by atoms with van der Waals surface area (Å²) in [4.78, 5) is 1.94. The lowest BCUT2D eigenvalue weighted by molar-refractivity contribution is 0.344. The number of aromatic nitrogens is 2. The average Bonchev–Trinajstić information content (AvgIpc) is 2.93. The molecule has 104 valence electrons. The molecular weight excluding hydrogens is 292 g/mol. The minimum Gasteiger partial charge on any atom is -0.493 e. The van der Waals surface area contributed by atoms with Gasteiger partial charge < -0.3 is 9.64 Å². The first-order valence-electron chi connectivity index (χ1n) is 5.95. The highest BCUT2D eigenvalue weighted by Gasteiger charge is 2.06. The van der Waals surface area contributed by atoms with Gasteiger partial charge in [-0.2, -0.15) is 5.26 Å². The van der Waals surface area contributed by atoms with E-state index in [9.17, 15) is 0 Å². The number of nitrogens with zero attached hydrogens (tertiary/aromatic N) is 4. The van der Waals surface area contributed by atoms with Crippen LogP contribution in [0.4, 0.5) is 5.13 Å². The fourth-order valence-electron chi connectivity index (χ4n) is 1.36. The van der Waals surface area contributed by atoms with Crippen molar-refractivity contribution in [2.75, 3.05) is 31.4 Å². The molecule has 7 heteroatoms. The summed E-state index contributed by atoms with van der Waals surface area (Å²) >= 11 is 3.19. The molecule has 1 heterocycles. The van der Waals surface area contributed by atoms with E-state index in [1.807, 2.05) is 19.0 Å². The summed E-state index contributed by atoms with van der Waals surface area (Å²) in [5.41, 5.74) is 0.636. The summed E-state index contributed by atoms with van der Waals surface area (Å²) in [6.07, 6.45) is 0. The third-order valence-electron chi connectivity index (χ3n) is 2.34. The highest BCUT2D eigenvalue weighted by Crippen LogP contribution is 2.26. The van der Waals surface area contributed by atoms with Gasteiger partial charge in [-0.3, -0.25) is 0 Å². The molecule has 2 rings (SSSR count). The van der Waals surface area contributed by atoms with Crippen molar-refractivity contribution in [2.45, 2.75) is 4.34 Å². The van der Waals surface area contributed by atoms with Crippen molar-refractivity contribution in [2.24, 2.45) is 0 Å². The Balaban J connectivity index is 1.74. The minimum absolute atomic E-state index is 0.591. The molecule has 0 aliphatic rings. The Morgan fingerprint density at radius 1 is 1.30 bits per heavy atom. The molecule has 0 aliphatic heterocycles. The Hall–Kier alpha value is -1.78. The first-order valence-corrected chi connectivity index (χ1v) is 7.76. The Kier molecular flexibility index (Phi) is 5.21. The van der Waals surface area contributed by atoms with Gasteiger partial charge in [0.15, 0.2) is 4.34 Å². The molecule has 2 aromatic rings. The SMILES string of the molecule is CN(C)c1nnc(SCCOc2ccc(C#N)cc2)s1. The number of nitriles is 1. The van der Waals surface area contributed by atoms with E-state index in [0.29, 0.717) is 12.2 Å². The molecule has 0 N–H and O–H groups in total. The summed E-state index contributed by atoms with van der Waals surface area (Å²) in [7, 11) is 3.89. The summed E-state index contributed by atoms with van der Waals surface area (Å²) in [5.74, 6) is 1.58. The van der Waals surface area contributed by atoms with Crippen LogP contribution in [0.5, 0.6) is 5.75 Å². The molecule has 0 radical (unpaired) electrons. The van der Waals surface area contributed by atoms with Crippen molar-refractivity contribution in [3.63, 3.8) is 0 Å². The molecule has 5 nitrogen and oxygen atoms in total. The number of thioether (sulfide) groups is 1. The molecule has 0 unspecified atom stereocenters. The second-order valence-electron chi connectivity index (χ2n) is 4.08. The van der Waals surface area contributed by atoms with E-state index in [-0.39, 0.29) is 0 Å². The van der Waals surface area contributed by atoms with Gasteiger partial charge in [0.25, 0.3) is 0 Å². The molecule has 1 aromatic heterocycles. The maximum atomic E-state index is 8.70. The zero-order valence-corrected chi connectivity index (χ0v) is 12.9. The van der Waals surface area contributed by atoms with E-state index in [0.717, 1.165) is 21.0 Å². The van der Waals surface area contributed by atoms with Gasteiger partial charge in [-0.25, -0.2) is 0 Å². The molecule has 0 fully saturated rings. The lowest BCUT2D eigenvalue weighted by atomic mass is 10.2. The van der Waals surface area contributed by atoms with Crippen LogP contribution in [0, 0.1) is 11.3 Å². The van der Waals surface area contributed by atoms with E-state index >= 15 is 0 Å². The number of ether oxygens (including phenoxy) is 1. The van der Waals surface area contributed by atoms with Crippen LogP contribution >= 0.6 is 23.1 Å². The van der Waals surface area contributed by atoms with Gasteiger partial charge in [0.05, 0.1) is 18.2 Å². The van der Waals surface area contributed by atoms with Crippen LogP contribution in [0.25, 0.3) is 0 Å². The van der Waals surface area contributed by atoms with Crippen LogP contribution in [-0.4, -0.2) is 36.7 Å². The van der Waals surface area contributed by atoms with Crippen LogP contribution in [0.1, 0.15) is 5.56 Å². The number of rotatable bonds is 6. The maximum Gasteiger partial charge on any atom is 0.208 e. The van der Waals surface area contributed by atoms with Crippen molar-refractivity contribution in [3.8, 4) is 11.8 Å². The quantitative estimate of drug-likeness (QED) is 0.604. The van der Waals surface area contributed by atoms with Crippen molar-refractivity contribution < 1.29 is 4.74 Å². The third kappa shape index (κ3) is 4.11. The van der Waals surface area contributed by atoms with Crippen LogP contribution < -0.4 is 9.64 Å². The van der Waals surface area contributed by atoms with Gasteiger partial charge in [0.2, 0.25) is 5.13 Å². The predicted molar refractivity (Wildman–Crippen MR) is 81.6 cm³/mol. The Morgan fingerprint density at radius 2 is 2.05 bits per heavy atom. The molecule has 0 amide bonds. The average molecular weight is 306 g/mol. The monoisotopic (exact) mass is 306 g/mol. The minimum atomic E-state index is 0.591. The Morgan fingerprint density at radius 3 is 2.65 bits per heavy atom. The number of hydrogen-bond acceptors (Lipinski definition) is 7. The lowest BCUT2D eigenvalue weighted by Gasteiger charge is -2.05. The Bertz CT molecular complexity index is 589. The van der Waals surface area contributed by atoms with Crippen LogP contribution in [-0.2, 0) is 0 Å². The normalized spacial score (nSPS) is 10.1. The molecule has 0 spiro atoms. The van der Waals surface area contributed by atoms with Crippen molar-refractivity contribution in [1.29, 1.82) is 5.26 Å². The molecule has 0 saturated heterocycles. The van der Waals surface area contributed by atoms with Gasteiger partial charge in [-0.1, -0.05) is 23.1 Å². The van der Waals surface area contributed by atoms with E-state index in [4.69, 9.17) is 10.00 Å². The van der Waals surface area contributed by atoms with Crippen LogP contribution in [0.3, 0.4) is 0 Å². The standard InChI is InChI=1S/C13H14N4OS2/c1-17(2)12-15-16-13(20-12)19-8-7-18-11-5-3-10(9-14)4-6-11/h3-6H,7-8H2,1-2H3. The summed E-state index contributed by atoms with van der Waals surface area (Å²) in [6.45, 7) is 0.591. The van der Waals surface area contributed by atoms with E-state index < -0.39 is 0 Å². The van der Waals surface area contributed by atoms with E-state index in [1.165, 1.54) is 0 Å². The number of hydrogen-bond donors (Lipinski definition) is 0. The first kappa shape index (κ1) is 14.6. The number of benzene rings is 1. The van der Waals surface area contributed by atoms with Gasteiger partial charge in [0.1, 0.15) is 5.75 Å². The molecule has 0 aliphatic carbocycles. The van der Waals surface area contributed by atoms with E-state index in [2.05, 4.69) is 16.3 Å². The van der Waals surface area contributed by atoms with Crippen molar-refractivity contribution in [3.05, 3.63) is 29.8 Å². The van der Waals surface area contributed by atoms with Crippen molar-refractivity contribution >= 4 is 28.2 Å². The highest BCUT2D eigenvalue weighted by molar-refractivity contribution is 8.01. The van der Waals surface area contributed by atoms with Crippen LogP contribution in [0.15, 0.2) is 28.6 Å². The van der Waals surface area contributed by atoms with Crippen LogP contribution in [0.2, 0.25) is 0 Å². The Labute approximate surface area is 126 Å². The fourth-order valence-corrected chi connectivity index (χ4v) is 3.01. The van der Waals surface area contributed by atoms with Gasteiger partial charge in [-0.15, -0.1) is 10.2 Å². The van der Waals surface area contributed by atoms with E-state index in [1.54, 1.807) is 47.4 Å². The third-order valence-corrected chi connectivity index (χ3v) is 4.53. The fraction of sp³-hybridized carbons (Fsp3) is 0.308. The molecular formula is C13H14N4OS2. The maximum absolute atomic E-state index is 8.70. The van der Waals surface area contributed by atoms with Crippen molar-refractivity contribution in [1.82, 2.24) is 10.2 Å². The smallest absolute Gasteiger partial charge is 0.208 e. The largest absolute Gasteiger partial charge is 0.493 e. The zero-order chi connectivity index (χ0) is 14.4. The molecule has 0 bridgehead atoms. The van der Waals surface area contributed by atoms with Gasteiger partial charge in [0, 0.05) is 19.8 Å². The molecule has 0 atom stereocenters. The predicted octanol–water partition coefficient (Wildman–Crippen LogP) is 2.65. The second kappa shape index (κ2) is 7.12. The molecule has 20 heavy (non-hydrogen) atoms. The summed E-state index contributed by atoms with van der Waals surface area (Å²) < 4.78 is 6.54. The summed E-state index contributed by atoms with van der Waals surface area (Å²) in [5, 5.41) is 17.8. The van der Waals surface area contributed by atoms with Gasteiger partial charge in [-0.05, 0) is 24.3 Å². The lowest BCUT2D eigenvalue weighted by Crippen LogP contribution is -2.07. The zero-order valence-electron chi connectivity index (χ0n) is 11.2. The topological polar surface area (TPSA) is 62.0 Å².